The number of rotatable bonds is 3. The van der Waals surface area contributed by atoms with Crippen LogP contribution in [-0.2, 0) is 10.0 Å². The minimum atomic E-state index is -3.81. The van der Waals surface area contributed by atoms with E-state index in [1.807, 2.05) is 6.07 Å². The van der Waals surface area contributed by atoms with Gasteiger partial charge < -0.3 is 10.6 Å². The molecule has 2 aromatic carbocycles. The molecule has 21 heavy (non-hydrogen) atoms. The van der Waals surface area contributed by atoms with Crippen LogP contribution in [0.25, 0.3) is 0 Å². The average Bonchev–Trinajstić information content (AvgIpc) is 2.41. The molecule has 0 aliphatic heterocycles. The third-order valence-corrected chi connectivity index (χ3v) is 3.73. The highest BCUT2D eigenvalue weighted by Crippen LogP contribution is 2.19. The predicted octanol–water partition coefficient (Wildman–Crippen LogP) is 2.29. The number of hydrogen-bond acceptors (Lipinski definition) is 3. The fraction of sp³-hybridized carbons (Fsp3) is 0.0714. The third-order valence-electron chi connectivity index (χ3n) is 2.82. The number of urea groups is 1. The highest BCUT2D eigenvalue weighted by molar-refractivity contribution is 7.89. The molecule has 0 saturated heterocycles. The Bertz CT molecular complexity index is 758. The zero-order valence-electron chi connectivity index (χ0n) is 11.3. The molecular formula is C14H15N3O3S. The van der Waals surface area contributed by atoms with Gasteiger partial charge in [-0.15, -0.1) is 0 Å². The van der Waals surface area contributed by atoms with Crippen molar-refractivity contribution in [3.8, 4) is 0 Å². The summed E-state index contributed by atoms with van der Waals surface area (Å²) in [5.74, 6) is 0. The maximum atomic E-state index is 11.9. The maximum Gasteiger partial charge on any atom is 0.323 e. The monoisotopic (exact) mass is 305 g/mol. The lowest BCUT2D eigenvalue weighted by Crippen LogP contribution is -2.20. The summed E-state index contributed by atoms with van der Waals surface area (Å²) in [5, 5.41) is 10.3. The van der Waals surface area contributed by atoms with Gasteiger partial charge in [0.05, 0.1) is 4.90 Å². The van der Waals surface area contributed by atoms with Crippen LogP contribution in [0.2, 0.25) is 0 Å². The quantitative estimate of drug-likeness (QED) is 0.810. The molecule has 0 heterocycles. The molecule has 0 saturated carbocycles. The summed E-state index contributed by atoms with van der Waals surface area (Å²) in [6.45, 7) is 1.76. The molecule has 2 aromatic rings. The second-order valence-corrected chi connectivity index (χ2v) is 6.03. The summed E-state index contributed by atoms with van der Waals surface area (Å²) in [6.07, 6.45) is 0. The molecule has 0 aliphatic rings. The van der Waals surface area contributed by atoms with Gasteiger partial charge in [-0.3, -0.25) is 0 Å². The number of para-hydroxylation sites is 1. The van der Waals surface area contributed by atoms with Crippen LogP contribution < -0.4 is 15.8 Å². The molecule has 4 N–H and O–H groups in total. The molecule has 0 aromatic heterocycles. The smallest absolute Gasteiger partial charge is 0.308 e. The van der Waals surface area contributed by atoms with Gasteiger partial charge in [0.1, 0.15) is 0 Å². The molecule has 2 amide bonds. The van der Waals surface area contributed by atoms with Crippen LogP contribution >= 0.6 is 0 Å². The molecule has 0 radical (unpaired) electrons. The Morgan fingerprint density at radius 3 is 2.33 bits per heavy atom. The summed E-state index contributed by atoms with van der Waals surface area (Å²) >= 11 is 0. The zero-order valence-corrected chi connectivity index (χ0v) is 12.1. The van der Waals surface area contributed by atoms with Gasteiger partial charge in [-0.25, -0.2) is 18.4 Å². The van der Waals surface area contributed by atoms with Gasteiger partial charge in [0.25, 0.3) is 0 Å². The van der Waals surface area contributed by atoms with Gasteiger partial charge in [0.15, 0.2) is 0 Å². The van der Waals surface area contributed by atoms with E-state index in [0.717, 1.165) is 5.56 Å². The first-order valence-corrected chi connectivity index (χ1v) is 7.67. The Kier molecular flexibility index (Phi) is 4.25. The van der Waals surface area contributed by atoms with Gasteiger partial charge in [-0.2, -0.15) is 0 Å². The molecule has 7 heteroatoms. The molecule has 2 rings (SSSR count). The molecule has 6 nitrogen and oxygen atoms in total. The van der Waals surface area contributed by atoms with E-state index < -0.39 is 16.1 Å². The van der Waals surface area contributed by atoms with Crippen molar-refractivity contribution in [3.63, 3.8) is 0 Å². The van der Waals surface area contributed by atoms with Crippen molar-refractivity contribution in [1.29, 1.82) is 0 Å². The summed E-state index contributed by atoms with van der Waals surface area (Å²) in [4.78, 5) is 11.8. The Balaban J connectivity index is 2.17. The molecule has 0 bridgehead atoms. The number of carbonyl (C=O) groups is 1. The first kappa shape index (κ1) is 15.0. The first-order valence-electron chi connectivity index (χ1n) is 6.13. The number of aryl methyl sites for hydroxylation is 1. The number of carbonyl (C=O) groups excluding carboxylic acids is 1. The van der Waals surface area contributed by atoms with Crippen molar-refractivity contribution in [2.24, 2.45) is 5.14 Å². The van der Waals surface area contributed by atoms with E-state index in [2.05, 4.69) is 10.6 Å². The minimum absolute atomic E-state index is 0.0527. The number of nitrogens with one attached hydrogen (secondary N) is 2. The van der Waals surface area contributed by atoms with Crippen molar-refractivity contribution in [2.75, 3.05) is 10.6 Å². The lowest BCUT2D eigenvalue weighted by atomic mass is 10.2. The number of nitrogens with two attached hydrogens (primary N) is 1. The highest BCUT2D eigenvalue weighted by Gasteiger charge is 2.11. The number of hydrogen-bond donors (Lipinski definition) is 3. The number of anilines is 2. The van der Waals surface area contributed by atoms with Crippen LogP contribution in [0.5, 0.6) is 0 Å². The molecule has 110 valence electrons. The topological polar surface area (TPSA) is 101 Å². The highest BCUT2D eigenvalue weighted by atomic mass is 32.2. The average molecular weight is 305 g/mol. The second kappa shape index (κ2) is 5.94. The van der Waals surface area contributed by atoms with E-state index in [0.29, 0.717) is 11.4 Å². The number of amides is 2. The summed E-state index contributed by atoms with van der Waals surface area (Å²) < 4.78 is 22.6. The van der Waals surface area contributed by atoms with E-state index >= 15 is 0 Å². The largest absolute Gasteiger partial charge is 0.323 e. The van der Waals surface area contributed by atoms with Crippen molar-refractivity contribution in [1.82, 2.24) is 0 Å². The minimum Gasteiger partial charge on any atom is -0.308 e. The Morgan fingerprint density at radius 2 is 1.71 bits per heavy atom. The van der Waals surface area contributed by atoms with Gasteiger partial charge in [0.2, 0.25) is 10.0 Å². The SMILES string of the molecule is Cc1ccc(S(N)(=O)=O)cc1NC(=O)Nc1ccccc1. The van der Waals surface area contributed by atoms with Crippen LogP contribution in [0.1, 0.15) is 5.56 Å². The first-order chi connectivity index (χ1) is 9.86. The fourth-order valence-corrected chi connectivity index (χ4v) is 2.26. The standard InChI is InChI=1S/C14H15N3O3S/c1-10-7-8-12(21(15,19)20)9-13(10)17-14(18)16-11-5-3-2-4-6-11/h2-9H,1H3,(H2,15,19,20)(H2,16,17,18). The van der Waals surface area contributed by atoms with Crippen LogP contribution in [0.3, 0.4) is 0 Å². The number of benzene rings is 2. The zero-order chi connectivity index (χ0) is 15.5. The molecule has 0 unspecified atom stereocenters. The van der Waals surface area contributed by atoms with Gasteiger partial charge >= 0.3 is 6.03 Å². The van der Waals surface area contributed by atoms with Crippen molar-refractivity contribution in [3.05, 3.63) is 54.1 Å². The van der Waals surface area contributed by atoms with E-state index in [-0.39, 0.29) is 4.90 Å². The van der Waals surface area contributed by atoms with Crippen LogP contribution in [-0.4, -0.2) is 14.4 Å². The molecule has 0 atom stereocenters. The van der Waals surface area contributed by atoms with Gasteiger partial charge in [-0.05, 0) is 36.8 Å². The summed E-state index contributed by atoms with van der Waals surface area (Å²) in [6, 6.07) is 12.8. The molecule has 0 spiro atoms. The van der Waals surface area contributed by atoms with Gasteiger partial charge in [0, 0.05) is 11.4 Å². The Hall–Kier alpha value is -2.38. The van der Waals surface area contributed by atoms with Crippen LogP contribution in [0, 0.1) is 6.92 Å². The summed E-state index contributed by atoms with van der Waals surface area (Å²) in [7, 11) is -3.81. The predicted molar refractivity (Wildman–Crippen MR) is 81.6 cm³/mol. The third kappa shape index (κ3) is 4.04. The lowest BCUT2D eigenvalue weighted by Gasteiger charge is -2.11. The fourth-order valence-electron chi connectivity index (χ4n) is 1.72. The Labute approximate surface area is 123 Å². The Morgan fingerprint density at radius 1 is 1.05 bits per heavy atom. The number of primary sulfonamides is 1. The van der Waals surface area contributed by atoms with E-state index in [1.165, 1.54) is 12.1 Å². The van der Waals surface area contributed by atoms with Gasteiger partial charge in [-0.1, -0.05) is 24.3 Å². The molecule has 0 aliphatic carbocycles. The van der Waals surface area contributed by atoms with Crippen LogP contribution in [0.4, 0.5) is 16.2 Å². The van der Waals surface area contributed by atoms with E-state index in [1.54, 1.807) is 37.3 Å². The molecule has 0 fully saturated rings. The maximum absolute atomic E-state index is 11.9. The van der Waals surface area contributed by atoms with Crippen molar-refractivity contribution >= 4 is 27.4 Å². The van der Waals surface area contributed by atoms with Crippen molar-refractivity contribution in [2.45, 2.75) is 11.8 Å². The lowest BCUT2D eigenvalue weighted by molar-refractivity contribution is 0.262. The summed E-state index contributed by atoms with van der Waals surface area (Å²) in [5.41, 5.74) is 1.75. The van der Waals surface area contributed by atoms with E-state index in [9.17, 15) is 13.2 Å². The van der Waals surface area contributed by atoms with E-state index in [4.69, 9.17) is 5.14 Å². The molecular weight excluding hydrogens is 290 g/mol. The van der Waals surface area contributed by atoms with Crippen molar-refractivity contribution < 1.29 is 13.2 Å². The van der Waals surface area contributed by atoms with Crippen LogP contribution in [0.15, 0.2) is 53.4 Å². The number of sulfonamides is 1. The normalized spacial score (nSPS) is 11.0. The second-order valence-electron chi connectivity index (χ2n) is 4.47.